The number of rotatable bonds is 6. The molecular formula is C18H24N4O. The highest BCUT2D eigenvalue weighted by Crippen LogP contribution is 2.14. The van der Waals surface area contributed by atoms with Crippen molar-refractivity contribution in [2.75, 3.05) is 11.4 Å². The van der Waals surface area contributed by atoms with E-state index in [2.05, 4.69) is 39.2 Å². The maximum atomic E-state index is 12.2. The van der Waals surface area contributed by atoms with Crippen molar-refractivity contribution in [2.45, 2.75) is 40.3 Å². The van der Waals surface area contributed by atoms with Gasteiger partial charge < -0.3 is 10.2 Å². The summed E-state index contributed by atoms with van der Waals surface area (Å²) in [7, 11) is 0. The second kappa shape index (κ2) is 7.72. The summed E-state index contributed by atoms with van der Waals surface area (Å²) in [6.07, 6.45) is 0. The standard InChI is InChI=1S/C18H24N4O/c1-5-22(12-15-9-7-6-8-10-15)18-20-14(4)11-16(21-18)17(23)19-13(2)3/h6-11,13H,5,12H2,1-4H3,(H,19,23). The van der Waals surface area contributed by atoms with Gasteiger partial charge >= 0.3 is 0 Å². The molecule has 0 fully saturated rings. The lowest BCUT2D eigenvalue weighted by molar-refractivity contribution is 0.0938. The number of nitrogens with zero attached hydrogens (tertiary/aromatic N) is 3. The third-order valence-electron chi connectivity index (χ3n) is 3.38. The molecule has 0 spiro atoms. The first-order chi connectivity index (χ1) is 11.0. The van der Waals surface area contributed by atoms with Gasteiger partial charge in [0, 0.05) is 24.8 Å². The van der Waals surface area contributed by atoms with E-state index in [1.165, 1.54) is 5.56 Å². The third-order valence-corrected chi connectivity index (χ3v) is 3.38. The molecule has 0 aliphatic heterocycles. The highest BCUT2D eigenvalue weighted by atomic mass is 16.1. The summed E-state index contributed by atoms with van der Waals surface area (Å²) in [5.41, 5.74) is 2.38. The summed E-state index contributed by atoms with van der Waals surface area (Å²) in [5, 5.41) is 2.87. The molecule has 0 atom stereocenters. The number of aryl methyl sites for hydroxylation is 1. The molecule has 1 heterocycles. The van der Waals surface area contributed by atoms with Gasteiger partial charge in [-0.05, 0) is 39.3 Å². The van der Waals surface area contributed by atoms with Crippen LogP contribution in [0.4, 0.5) is 5.95 Å². The maximum Gasteiger partial charge on any atom is 0.270 e. The van der Waals surface area contributed by atoms with Gasteiger partial charge in [0.1, 0.15) is 5.69 Å². The van der Waals surface area contributed by atoms with E-state index in [-0.39, 0.29) is 11.9 Å². The summed E-state index contributed by atoms with van der Waals surface area (Å²) in [6.45, 7) is 9.28. The SMILES string of the molecule is CCN(Cc1ccccc1)c1nc(C)cc(C(=O)NC(C)C)n1. The number of amides is 1. The first kappa shape index (κ1) is 16.9. The second-order valence-electron chi connectivity index (χ2n) is 5.82. The van der Waals surface area contributed by atoms with Crippen LogP contribution in [0.5, 0.6) is 0 Å². The van der Waals surface area contributed by atoms with E-state index in [0.717, 1.165) is 12.2 Å². The number of nitrogens with one attached hydrogen (secondary N) is 1. The van der Waals surface area contributed by atoms with Gasteiger partial charge in [-0.2, -0.15) is 0 Å². The van der Waals surface area contributed by atoms with Crippen molar-refractivity contribution < 1.29 is 4.79 Å². The average molecular weight is 312 g/mol. The van der Waals surface area contributed by atoms with Crippen LogP contribution in [0.3, 0.4) is 0 Å². The molecule has 0 aliphatic carbocycles. The number of benzene rings is 1. The molecule has 0 aliphatic rings. The molecule has 1 aromatic heterocycles. The van der Waals surface area contributed by atoms with Gasteiger partial charge in [-0.25, -0.2) is 9.97 Å². The molecule has 0 saturated heterocycles. The Balaban J connectivity index is 2.26. The Morgan fingerprint density at radius 2 is 1.91 bits per heavy atom. The largest absolute Gasteiger partial charge is 0.349 e. The van der Waals surface area contributed by atoms with E-state index in [9.17, 15) is 4.79 Å². The van der Waals surface area contributed by atoms with Crippen molar-refractivity contribution >= 4 is 11.9 Å². The van der Waals surface area contributed by atoms with Crippen LogP contribution in [0.1, 0.15) is 42.5 Å². The van der Waals surface area contributed by atoms with Crippen molar-refractivity contribution in [1.82, 2.24) is 15.3 Å². The lowest BCUT2D eigenvalue weighted by Crippen LogP contribution is -2.32. The van der Waals surface area contributed by atoms with Crippen molar-refractivity contribution in [3.8, 4) is 0 Å². The zero-order valence-electron chi connectivity index (χ0n) is 14.2. The molecule has 122 valence electrons. The van der Waals surface area contributed by atoms with E-state index in [4.69, 9.17) is 0 Å². The Kier molecular flexibility index (Phi) is 5.68. The van der Waals surface area contributed by atoms with Crippen LogP contribution >= 0.6 is 0 Å². The Morgan fingerprint density at radius 3 is 2.52 bits per heavy atom. The lowest BCUT2D eigenvalue weighted by atomic mass is 10.2. The Labute approximate surface area is 137 Å². The zero-order valence-corrected chi connectivity index (χ0v) is 14.2. The van der Waals surface area contributed by atoms with Gasteiger partial charge in [-0.3, -0.25) is 4.79 Å². The fourth-order valence-corrected chi connectivity index (χ4v) is 2.27. The highest BCUT2D eigenvalue weighted by molar-refractivity contribution is 5.92. The van der Waals surface area contributed by atoms with Crippen molar-refractivity contribution in [3.05, 3.63) is 53.3 Å². The Hall–Kier alpha value is -2.43. The van der Waals surface area contributed by atoms with Crippen molar-refractivity contribution in [2.24, 2.45) is 0 Å². The summed E-state index contributed by atoms with van der Waals surface area (Å²) < 4.78 is 0. The van der Waals surface area contributed by atoms with E-state index in [0.29, 0.717) is 18.2 Å². The summed E-state index contributed by atoms with van der Waals surface area (Å²) in [4.78, 5) is 23.2. The fraction of sp³-hybridized carbons (Fsp3) is 0.389. The molecule has 0 radical (unpaired) electrons. The number of hydrogen-bond acceptors (Lipinski definition) is 4. The van der Waals surface area contributed by atoms with Crippen LogP contribution in [0.2, 0.25) is 0 Å². The fourth-order valence-electron chi connectivity index (χ4n) is 2.27. The quantitative estimate of drug-likeness (QED) is 0.891. The van der Waals surface area contributed by atoms with Crippen LogP contribution in [0, 0.1) is 6.92 Å². The molecule has 5 nitrogen and oxygen atoms in total. The normalized spacial score (nSPS) is 10.7. The number of anilines is 1. The minimum absolute atomic E-state index is 0.0767. The molecule has 0 unspecified atom stereocenters. The number of carbonyl (C=O) groups excluding carboxylic acids is 1. The van der Waals surface area contributed by atoms with Gasteiger partial charge in [0.15, 0.2) is 0 Å². The van der Waals surface area contributed by atoms with Crippen LogP contribution in [0.15, 0.2) is 36.4 Å². The molecule has 2 aromatic rings. The van der Waals surface area contributed by atoms with Crippen LogP contribution in [-0.4, -0.2) is 28.5 Å². The van der Waals surface area contributed by atoms with E-state index in [1.54, 1.807) is 6.07 Å². The second-order valence-corrected chi connectivity index (χ2v) is 5.82. The van der Waals surface area contributed by atoms with E-state index in [1.807, 2.05) is 39.0 Å². The molecule has 0 bridgehead atoms. The molecule has 2 rings (SSSR count). The van der Waals surface area contributed by atoms with Crippen LogP contribution in [-0.2, 0) is 6.54 Å². The average Bonchev–Trinajstić information content (AvgIpc) is 2.52. The van der Waals surface area contributed by atoms with Gasteiger partial charge in [-0.15, -0.1) is 0 Å². The Morgan fingerprint density at radius 1 is 1.22 bits per heavy atom. The van der Waals surface area contributed by atoms with Gasteiger partial charge in [0.05, 0.1) is 0 Å². The summed E-state index contributed by atoms with van der Waals surface area (Å²) in [6, 6.07) is 12.0. The first-order valence-corrected chi connectivity index (χ1v) is 7.95. The molecule has 1 aromatic carbocycles. The number of carbonyl (C=O) groups is 1. The topological polar surface area (TPSA) is 58.1 Å². The monoisotopic (exact) mass is 312 g/mol. The van der Waals surface area contributed by atoms with Gasteiger partial charge in [-0.1, -0.05) is 30.3 Å². The van der Waals surface area contributed by atoms with E-state index >= 15 is 0 Å². The van der Waals surface area contributed by atoms with E-state index < -0.39 is 0 Å². The summed E-state index contributed by atoms with van der Waals surface area (Å²) in [5.74, 6) is 0.424. The lowest BCUT2D eigenvalue weighted by Gasteiger charge is -2.22. The molecule has 23 heavy (non-hydrogen) atoms. The maximum absolute atomic E-state index is 12.2. The number of aromatic nitrogens is 2. The molecule has 1 amide bonds. The predicted molar refractivity (Wildman–Crippen MR) is 92.5 cm³/mol. The molecule has 5 heteroatoms. The first-order valence-electron chi connectivity index (χ1n) is 7.95. The van der Waals surface area contributed by atoms with Gasteiger partial charge in [0.2, 0.25) is 5.95 Å². The molecule has 0 saturated carbocycles. The highest BCUT2D eigenvalue weighted by Gasteiger charge is 2.15. The minimum Gasteiger partial charge on any atom is -0.349 e. The van der Waals surface area contributed by atoms with Crippen LogP contribution in [0.25, 0.3) is 0 Å². The van der Waals surface area contributed by atoms with Crippen LogP contribution < -0.4 is 10.2 Å². The van der Waals surface area contributed by atoms with Gasteiger partial charge in [0.25, 0.3) is 5.91 Å². The summed E-state index contributed by atoms with van der Waals surface area (Å²) >= 11 is 0. The molecular weight excluding hydrogens is 288 g/mol. The predicted octanol–water partition coefficient (Wildman–Crippen LogP) is 2.95. The third kappa shape index (κ3) is 4.77. The minimum atomic E-state index is -0.164. The van der Waals surface area contributed by atoms with Crippen molar-refractivity contribution in [3.63, 3.8) is 0 Å². The smallest absolute Gasteiger partial charge is 0.270 e. The molecule has 1 N–H and O–H groups in total. The zero-order chi connectivity index (χ0) is 16.8. The van der Waals surface area contributed by atoms with Crippen molar-refractivity contribution in [1.29, 1.82) is 0 Å². The number of hydrogen-bond donors (Lipinski definition) is 1. The Bertz CT molecular complexity index is 655.